The molecule has 1 N–H and O–H groups in total. The van der Waals surface area contributed by atoms with Crippen molar-refractivity contribution >= 4 is 0 Å². The first-order valence-corrected chi connectivity index (χ1v) is 5.86. The Hall–Kier alpha value is -0.930. The van der Waals surface area contributed by atoms with Crippen molar-refractivity contribution in [2.24, 2.45) is 0 Å². The molecule has 16 heavy (non-hydrogen) atoms. The molecule has 0 amide bonds. The lowest BCUT2D eigenvalue weighted by Crippen LogP contribution is -2.42. The SMILES string of the molecule is C[C@@]1([C@H]2CCCN2)OCc2cc(F)ccc21. The summed E-state index contributed by atoms with van der Waals surface area (Å²) < 4.78 is 19.0. The number of nitrogens with one attached hydrogen (secondary N) is 1. The van der Waals surface area contributed by atoms with E-state index in [0.717, 1.165) is 24.1 Å². The van der Waals surface area contributed by atoms with Gasteiger partial charge in [0.2, 0.25) is 0 Å². The number of ether oxygens (including phenoxy) is 1. The van der Waals surface area contributed by atoms with E-state index in [4.69, 9.17) is 4.74 Å². The molecule has 1 aromatic carbocycles. The molecule has 2 aliphatic rings. The van der Waals surface area contributed by atoms with Gasteiger partial charge in [-0.15, -0.1) is 0 Å². The third-order valence-corrected chi connectivity index (χ3v) is 3.85. The molecule has 2 heterocycles. The molecule has 3 heteroatoms. The minimum Gasteiger partial charge on any atom is -0.364 e. The quantitative estimate of drug-likeness (QED) is 0.785. The zero-order valence-electron chi connectivity index (χ0n) is 9.42. The molecule has 1 fully saturated rings. The first-order valence-electron chi connectivity index (χ1n) is 5.86. The highest BCUT2D eigenvalue weighted by Gasteiger charge is 2.43. The summed E-state index contributed by atoms with van der Waals surface area (Å²) >= 11 is 0. The molecule has 3 rings (SSSR count). The van der Waals surface area contributed by atoms with Crippen molar-refractivity contribution in [3.05, 3.63) is 35.1 Å². The average Bonchev–Trinajstić information content (AvgIpc) is 2.87. The van der Waals surface area contributed by atoms with Crippen molar-refractivity contribution in [1.29, 1.82) is 0 Å². The van der Waals surface area contributed by atoms with Gasteiger partial charge in [-0.2, -0.15) is 0 Å². The van der Waals surface area contributed by atoms with Crippen LogP contribution in [0.1, 0.15) is 30.9 Å². The van der Waals surface area contributed by atoms with Gasteiger partial charge in [0.05, 0.1) is 6.61 Å². The van der Waals surface area contributed by atoms with Crippen molar-refractivity contribution in [2.45, 2.75) is 38.0 Å². The van der Waals surface area contributed by atoms with E-state index in [1.165, 1.54) is 12.5 Å². The van der Waals surface area contributed by atoms with Gasteiger partial charge < -0.3 is 10.1 Å². The smallest absolute Gasteiger partial charge is 0.123 e. The summed E-state index contributed by atoms with van der Waals surface area (Å²) in [6.45, 7) is 3.70. The molecule has 0 aliphatic carbocycles. The maximum Gasteiger partial charge on any atom is 0.123 e. The topological polar surface area (TPSA) is 21.3 Å². The summed E-state index contributed by atoms with van der Waals surface area (Å²) in [5.41, 5.74) is 1.86. The summed E-state index contributed by atoms with van der Waals surface area (Å²) in [5, 5.41) is 3.48. The first kappa shape index (κ1) is 10.2. The highest BCUT2D eigenvalue weighted by molar-refractivity contribution is 5.37. The molecule has 0 unspecified atom stereocenters. The molecular formula is C13H16FNO. The second kappa shape index (κ2) is 3.54. The highest BCUT2D eigenvalue weighted by atomic mass is 19.1. The van der Waals surface area contributed by atoms with Gasteiger partial charge in [0, 0.05) is 6.04 Å². The van der Waals surface area contributed by atoms with Crippen LogP contribution in [0.25, 0.3) is 0 Å². The van der Waals surface area contributed by atoms with Crippen molar-refractivity contribution < 1.29 is 9.13 Å². The zero-order chi connectivity index (χ0) is 11.2. The van der Waals surface area contributed by atoms with Crippen molar-refractivity contribution in [1.82, 2.24) is 5.32 Å². The fraction of sp³-hybridized carbons (Fsp3) is 0.538. The molecule has 0 spiro atoms. The fourth-order valence-electron chi connectivity index (χ4n) is 2.91. The Morgan fingerprint density at radius 3 is 3.12 bits per heavy atom. The molecule has 0 bridgehead atoms. The number of rotatable bonds is 1. The van der Waals surface area contributed by atoms with E-state index >= 15 is 0 Å². The Morgan fingerprint density at radius 2 is 2.38 bits per heavy atom. The van der Waals surface area contributed by atoms with Crippen molar-refractivity contribution in [2.75, 3.05) is 6.54 Å². The van der Waals surface area contributed by atoms with Crippen LogP contribution in [0.15, 0.2) is 18.2 Å². The third kappa shape index (κ3) is 1.39. The third-order valence-electron chi connectivity index (χ3n) is 3.85. The number of halogens is 1. The van der Waals surface area contributed by atoms with Crippen LogP contribution < -0.4 is 5.32 Å². The average molecular weight is 221 g/mol. The number of hydrogen-bond acceptors (Lipinski definition) is 2. The maximum absolute atomic E-state index is 13.1. The Morgan fingerprint density at radius 1 is 1.50 bits per heavy atom. The van der Waals surface area contributed by atoms with Crippen LogP contribution in [0.2, 0.25) is 0 Å². The van der Waals surface area contributed by atoms with E-state index in [-0.39, 0.29) is 11.4 Å². The van der Waals surface area contributed by atoms with Gasteiger partial charge in [0.15, 0.2) is 0 Å². The summed E-state index contributed by atoms with van der Waals surface area (Å²) in [6, 6.07) is 5.35. The number of benzene rings is 1. The Labute approximate surface area is 94.8 Å². The molecule has 0 saturated carbocycles. The monoisotopic (exact) mass is 221 g/mol. The molecule has 2 aliphatic heterocycles. The predicted molar refractivity (Wildman–Crippen MR) is 59.6 cm³/mol. The second-order valence-corrected chi connectivity index (χ2v) is 4.85. The van der Waals surface area contributed by atoms with Crippen molar-refractivity contribution in [3.63, 3.8) is 0 Å². The minimum absolute atomic E-state index is 0.175. The largest absolute Gasteiger partial charge is 0.364 e. The van der Waals surface area contributed by atoms with Crippen LogP contribution in [0.5, 0.6) is 0 Å². The summed E-state index contributed by atoms with van der Waals surface area (Å²) in [4.78, 5) is 0. The van der Waals surface area contributed by atoms with Gasteiger partial charge in [0.1, 0.15) is 11.4 Å². The number of hydrogen-bond donors (Lipinski definition) is 1. The molecule has 0 aromatic heterocycles. The Bertz CT molecular complexity index is 414. The maximum atomic E-state index is 13.1. The van der Waals surface area contributed by atoms with Gasteiger partial charge in [-0.25, -0.2) is 4.39 Å². The van der Waals surface area contributed by atoms with E-state index in [1.54, 1.807) is 6.07 Å². The normalized spacial score (nSPS) is 33.0. The van der Waals surface area contributed by atoms with E-state index in [0.29, 0.717) is 12.6 Å². The van der Waals surface area contributed by atoms with Gasteiger partial charge in [-0.05, 0) is 49.6 Å². The molecule has 0 radical (unpaired) electrons. The standard InChI is InChI=1S/C13H16FNO/c1-13(12-3-2-6-15-12)11-5-4-10(14)7-9(11)8-16-13/h4-5,7,12,15H,2-3,6,8H2,1H3/t12-,13-/m1/s1. The first-order chi connectivity index (χ1) is 7.70. The van der Waals surface area contributed by atoms with Gasteiger partial charge in [-0.1, -0.05) is 6.07 Å². The lowest BCUT2D eigenvalue weighted by atomic mass is 9.86. The Balaban J connectivity index is 2.00. The zero-order valence-corrected chi connectivity index (χ0v) is 9.42. The molecule has 1 saturated heterocycles. The minimum atomic E-state index is -0.278. The van der Waals surface area contributed by atoms with E-state index in [9.17, 15) is 4.39 Å². The van der Waals surface area contributed by atoms with E-state index in [2.05, 4.69) is 12.2 Å². The van der Waals surface area contributed by atoms with Crippen LogP contribution in [0.3, 0.4) is 0 Å². The van der Waals surface area contributed by atoms with Crippen molar-refractivity contribution in [3.8, 4) is 0 Å². The fourth-order valence-corrected chi connectivity index (χ4v) is 2.91. The van der Waals surface area contributed by atoms with Gasteiger partial charge >= 0.3 is 0 Å². The molecule has 86 valence electrons. The van der Waals surface area contributed by atoms with E-state index < -0.39 is 0 Å². The molecule has 2 atom stereocenters. The lowest BCUT2D eigenvalue weighted by molar-refractivity contribution is -0.0471. The second-order valence-electron chi connectivity index (χ2n) is 4.85. The van der Waals surface area contributed by atoms with Crippen LogP contribution in [-0.4, -0.2) is 12.6 Å². The highest BCUT2D eigenvalue weighted by Crippen LogP contribution is 2.41. The summed E-state index contributed by atoms with van der Waals surface area (Å²) in [5.74, 6) is -0.175. The van der Waals surface area contributed by atoms with Crippen LogP contribution in [0, 0.1) is 5.82 Å². The summed E-state index contributed by atoms with van der Waals surface area (Å²) in [7, 11) is 0. The molecular weight excluding hydrogens is 205 g/mol. The van der Waals surface area contributed by atoms with E-state index in [1.807, 2.05) is 6.07 Å². The molecule has 1 aromatic rings. The van der Waals surface area contributed by atoms with Crippen LogP contribution in [0.4, 0.5) is 4.39 Å². The van der Waals surface area contributed by atoms with Crippen LogP contribution in [-0.2, 0) is 16.9 Å². The lowest BCUT2D eigenvalue weighted by Gasteiger charge is -2.31. The van der Waals surface area contributed by atoms with Gasteiger partial charge in [0.25, 0.3) is 0 Å². The molecule has 2 nitrogen and oxygen atoms in total. The van der Waals surface area contributed by atoms with Crippen LogP contribution >= 0.6 is 0 Å². The predicted octanol–water partition coefficient (Wildman–Crippen LogP) is 2.32. The Kier molecular flexibility index (Phi) is 2.26. The van der Waals surface area contributed by atoms with Gasteiger partial charge in [-0.3, -0.25) is 0 Å². The number of fused-ring (bicyclic) bond motifs is 1. The summed E-state index contributed by atoms with van der Waals surface area (Å²) in [6.07, 6.45) is 2.33.